The number of hydrogen-bond acceptors (Lipinski definition) is 8. The van der Waals surface area contributed by atoms with Crippen LogP contribution in [0.1, 0.15) is 0 Å². The molecule has 4 N–H and O–H groups in total. The Morgan fingerprint density at radius 1 is 1.15 bits per heavy atom. The van der Waals surface area contributed by atoms with Crippen molar-refractivity contribution in [2.75, 3.05) is 31.8 Å². The lowest BCUT2D eigenvalue weighted by molar-refractivity contribution is -0.131. The predicted octanol–water partition coefficient (Wildman–Crippen LogP) is -1.32. The molecule has 0 aromatic heterocycles. The third-order valence-corrected chi connectivity index (χ3v) is 3.91. The van der Waals surface area contributed by atoms with Gasteiger partial charge in [0.05, 0.1) is 32.6 Å². The minimum atomic E-state index is -1.63. The maximum atomic E-state index is 12.6. The number of barbiturate groups is 1. The van der Waals surface area contributed by atoms with Crippen molar-refractivity contribution >= 4 is 29.7 Å². The molecule has 1 aliphatic heterocycles. The molecule has 0 aliphatic carbocycles. The SMILES string of the molecule is COc1ccc(N2C(=O)NC(=O)[C@@H](C=NC(CO)(CO)CO)C2=O)cc1. The average Bonchev–Trinajstić information content (AvgIpc) is 2.65. The number of amides is 4. The zero-order chi connectivity index (χ0) is 19.3. The number of imide groups is 2. The van der Waals surface area contributed by atoms with E-state index in [1.807, 2.05) is 5.32 Å². The Hall–Kier alpha value is -2.82. The normalized spacial score (nSPS) is 18.4. The first kappa shape index (κ1) is 19.5. The van der Waals surface area contributed by atoms with E-state index in [9.17, 15) is 29.7 Å². The molecular weight excluding hydrogens is 346 g/mol. The molecule has 0 radical (unpaired) electrons. The fourth-order valence-electron chi connectivity index (χ4n) is 2.20. The molecule has 26 heavy (non-hydrogen) atoms. The highest BCUT2D eigenvalue weighted by Gasteiger charge is 2.41. The number of aliphatic hydroxyl groups is 3. The van der Waals surface area contributed by atoms with Gasteiger partial charge in [-0.05, 0) is 24.3 Å². The van der Waals surface area contributed by atoms with Gasteiger partial charge in [0, 0.05) is 6.21 Å². The number of hydrogen-bond donors (Lipinski definition) is 4. The van der Waals surface area contributed by atoms with Gasteiger partial charge in [0.2, 0.25) is 5.91 Å². The van der Waals surface area contributed by atoms with E-state index in [-0.39, 0.29) is 5.69 Å². The van der Waals surface area contributed by atoms with Gasteiger partial charge in [-0.3, -0.25) is 19.9 Å². The van der Waals surface area contributed by atoms with E-state index in [1.54, 1.807) is 12.1 Å². The monoisotopic (exact) mass is 365 g/mol. The van der Waals surface area contributed by atoms with E-state index >= 15 is 0 Å². The van der Waals surface area contributed by atoms with Crippen LogP contribution in [-0.4, -0.2) is 71.8 Å². The van der Waals surface area contributed by atoms with Gasteiger partial charge in [0.1, 0.15) is 11.3 Å². The number of nitrogens with zero attached hydrogens (tertiary/aromatic N) is 2. The van der Waals surface area contributed by atoms with Crippen molar-refractivity contribution in [2.45, 2.75) is 5.54 Å². The van der Waals surface area contributed by atoms with Gasteiger partial charge in [-0.1, -0.05) is 0 Å². The van der Waals surface area contributed by atoms with Crippen molar-refractivity contribution in [1.29, 1.82) is 0 Å². The highest BCUT2D eigenvalue weighted by atomic mass is 16.5. The molecule has 1 heterocycles. The second kappa shape index (κ2) is 8.04. The molecule has 10 heteroatoms. The summed E-state index contributed by atoms with van der Waals surface area (Å²) in [7, 11) is 1.47. The van der Waals surface area contributed by atoms with Crippen LogP contribution < -0.4 is 15.0 Å². The number of nitrogens with one attached hydrogen (secondary N) is 1. The fourth-order valence-corrected chi connectivity index (χ4v) is 2.20. The Labute approximate surface area is 148 Å². The van der Waals surface area contributed by atoms with Crippen LogP contribution in [-0.2, 0) is 9.59 Å². The van der Waals surface area contributed by atoms with Crippen LogP contribution >= 0.6 is 0 Å². The lowest BCUT2D eigenvalue weighted by atomic mass is 10.0. The molecule has 2 rings (SSSR count). The largest absolute Gasteiger partial charge is 0.497 e. The Morgan fingerprint density at radius 3 is 2.23 bits per heavy atom. The summed E-state index contributed by atoms with van der Waals surface area (Å²) in [6, 6.07) is 5.13. The zero-order valence-electron chi connectivity index (χ0n) is 14.0. The molecule has 1 atom stereocenters. The number of benzene rings is 1. The summed E-state index contributed by atoms with van der Waals surface area (Å²) in [5.74, 6) is -2.68. The molecule has 0 spiro atoms. The van der Waals surface area contributed by atoms with Gasteiger partial charge >= 0.3 is 6.03 Å². The molecule has 1 fully saturated rings. The van der Waals surface area contributed by atoms with Crippen LogP contribution in [0.4, 0.5) is 10.5 Å². The molecule has 0 unspecified atom stereocenters. The maximum Gasteiger partial charge on any atom is 0.335 e. The van der Waals surface area contributed by atoms with E-state index in [1.165, 1.54) is 19.2 Å². The van der Waals surface area contributed by atoms with Crippen LogP contribution in [0.25, 0.3) is 0 Å². The van der Waals surface area contributed by atoms with Crippen LogP contribution in [0, 0.1) is 5.92 Å². The maximum absolute atomic E-state index is 12.6. The molecule has 140 valence electrons. The molecule has 10 nitrogen and oxygen atoms in total. The quantitative estimate of drug-likeness (QED) is 0.346. The number of aliphatic imine (C=N–C) groups is 1. The third kappa shape index (κ3) is 3.72. The smallest absolute Gasteiger partial charge is 0.335 e. The Kier molecular flexibility index (Phi) is 6.03. The summed E-state index contributed by atoms with van der Waals surface area (Å²) in [5, 5.41) is 29.8. The van der Waals surface area contributed by atoms with E-state index in [2.05, 4.69) is 4.99 Å². The van der Waals surface area contributed by atoms with Crippen molar-refractivity contribution in [1.82, 2.24) is 5.32 Å². The summed E-state index contributed by atoms with van der Waals surface area (Å²) < 4.78 is 5.01. The fraction of sp³-hybridized carbons (Fsp3) is 0.375. The summed E-state index contributed by atoms with van der Waals surface area (Å²) in [4.78, 5) is 41.3. The number of ether oxygens (including phenoxy) is 1. The number of carbonyl (C=O) groups is 3. The van der Waals surface area contributed by atoms with Crippen LogP contribution in [0.2, 0.25) is 0 Å². The first-order valence-electron chi connectivity index (χ1n) is 7.62. The van der Waals surface area contributed by atoms with Crippen LogP contribution in [0.5, 0.6) is 5.75 Å². The topological polar surface area (TPSA) is 149 Å². The minimum absolute atomic E-state index is 0.219. The van der Waals surface area contributed by atoms with E-state index in [0.29, 0.717) is 5.75 Å². The molecule has 1 aromatic carbocycles. The number of carbonyl (C=O) groups excluding carboxylic acids is 3. The Bertz CT molecular complexity index is 705. The van der Waals surface area contributed by atoms with Crippen molar-refractivity contribution in [3.05, 3.63) is 24.3 Å². The van der Waals surface area contributed by atoms with Crippen molar-refractivity contribution in [2.24, 2.45) is 10.9 Å². The van der Waals surface area contributed by atoms with Gasteiger partial charge in [0.15, 0.2) is 5.92 Å². The summed E-state index contributed by atoms with van der Waals surface area (Å²) >= 11 is 0. The van der Waals surface area contributed by atoms with Gasteiger partial charge in [-0.15, -0.1) is 0 Å². The van der Waals surface area contributed by atoms with Crippen molar-refractivity contribution < 1.29 is 34.4 Å². The number of methoxy groups -OCH3 is 1. The van der Waals surface area contributed by atoms with Gasteiger partial charge in [0.25, 0.3) is 5.91 Å². The number of aliphatic hydroxyl groups excluding tert-OH is 3. The highest BCUT2D eigenvalue weighted by Crippen LogP contribution is 2.23. The Morgan fingerprint density at radius 2 is 1.73 bits per heavy atom. The minimum Gasteiger partial charge on any atom is -0.497 e. The second-order valence-corrected chi connectivity index (χ2v) is 5.62. The summed E-state index contributed by atoms with van der Waals surface area (Å²) in [5.41, 5.74) is -1.41. The lowest BCUT2D eigenvalue weighted by Gasteiger charge is -2.29. The predicted molar refractivity (Wildman–Crippen MR) is 90.0 cm³/mol. The van der Waals surface area contributed by atoms with Gasteiger partial charge < -0.3 is 20.1 Å². The number of urea groups is 1. The first-order chi connectivity index (χ1) is 12.4. The van der Waals surface area contributed by atoms with Gasteiger partial charge in [-0.2, -0.15) is 0 Å². The summed E-state index contributed by atoms with van der Waals surface area (Å²) in [6.07, 6.45) is 0.906. The Balaban J connectivity index is 2.31. The van der Waals surface area contributed by atoms with Crippen molar-refractivity contribution in [3.8, 4) is 5.75 Å². The highest BCUT2D eigenvalue weighted by molar-refractivity contribution is 6.32. The number of anilines is 1. The van der Waals surface area contributed by atoms with Crippen LogP contribution in [0.15, 0.2) is 29.3 Å². The molecular formula is C16H19N3O7. The number of rotatable bonds is 7. The van der Waals surface area contributed by atoms with E-state index < -0.39 is 49.1 Å². The third-order valence-electron chi connectivity index (χ3n) is 3.91. The molecule has 0 bridgehead atoms. The molecule has 1 aromatic rings. The zero-order valence-corrected chi connectivity index (χ0v) is 14.0. The van der Waals surface area contributed by atoms with E-state index in [4.69, 9.17) is 4.74 Å². The van der Waals surface area contributed by atoms with Gasteiger partial charge in [-0.25, -0.2) is 9.69 Å². The molecule has 0 saturated carbocycles. The summed E-state index contributed by atoms with van der Waals surface area (Å²) in [6.45, 7) is -2.08. The molecule has 1 saturated heterocycles. The molecule has 4 amide bonds. The van der Waals surface area contributed by atoms with E-state index in [0.717, 1.165) is 11.1 Å². The van der Waals surface area contributed by atoms with Crippen LogP contribution in [0.3, 0.4) is 0 Å². The molecule has 1 aliphatic rings. The standard InChI is InChI=1S/C16H19N3O7/c1-26-11-4-2-10(3-5-11)19-14(24)12(13(23)18-15(19)25)6-17-16(7-20,8-21)9-22/h2-6,12,20-22H,7-9H2,1H3,(H,18,23,25)/t12-/m1/s1. The van der Waals surface area contributed by atoms with Crippen molar-refractivity contribution in [3.63, 3.8) is 0 Å². The first-order valence-corrected chi connectivity index (χ1v) is 7.62. The lowest BCUT2D eigenvalue weighted by Crippen LogP contribution is -2.59. The second-order valence-electron chi connectivity index (χ2n) is 5.62. The average molecular weight is 365 g/mol.